The van der Waals surface area contributed by atoms with Crippen LogP contribution in [-0.4, -0.2) is 29.8 Å². The first kappa shape index (κ1) is 13.7. The Morgan fingerprint density at radius 3 is 2.22 bits per heavy atom. The van der Waals surface area contributed by atoms with Gasteiger partial charge in [0.05, 0.1) is 11.6 Å². The van der Waals surface area contributed by atoms with Crippen LogP contribution in [0.15, 0.2) is 24.3 Å². The second kappa shape index (κ2) is 6.40. The summed E-state index contributed by atoms with van der Waals surface area (Å²) in [5.41, 5.74) is 1.00. The molecule has 5 nitrogen and oxygen atoms in total. The summed E-state index contributed by atoms with van der Waals surface area (Å²) in [5.74, 6) is -1.22. The van der Waals surface area contributed by atoms with E-state index in [4.69, 9.17) is 5.26 Å². The van der Waals surface area contributed by atoms with E-state index in [9.17, 15) is 9.59 Å². The van der Waals surface area contributed by atoms with Gasteiger partial charge in [0.1, 0.15) is 0 Å². The van der Waals surface area contributed by atoms with Crippen molar-refractivity contribution < 1.29 is 9.59 Å². The Balaban J connectivity index is 2.69. The minimum absolute atomic E-state index is 0.496. The van der Waals surface area contributed by atoms with E-state index in [1.165, 1.54) is 4.90 Å². The molecule has 0 bridgehead atoms. The molecule has 0 aliphatic carbocycles. The number of nitrogens with one attached hydrogen (secondary N) is 1. The van der Waals surface area contributed by atoms with E-state index in [0.29, 0.717) is 24.3 Å². The van der Waals surface area contributed by atoms with Crippen LogP contribution in [0.4, 0.5) is 5.69 Å². The molecule has 94 valence electrons. The molecule has 0 aromatic heterocycles. The summed E-state index contributed by atoms with van der Waals surface area (Å²) in [4.78, 5) is 24.8. The highest BCUT2D eigenvalue weighted by Gasteiger charge is 2.18. The Labute approximate surface area is 106 Å². The molecule has 5 heteroatoms. The zero-order valence-electron chi connectivity index (χ0n) is 10.4. The van der Waals surface area contributed by atoms with E-state index >= 15 is 0 Å². The number of rotatable bonds is 3. The maximum atomic E-state index is 11.7. The molecule has 1 N–H and O–H groups in total. The molecule has 0 aliphatic rings. The van der Waals surface area contributed by atoms with E-state index in [-0.39, 0.29) is 0 Å². The number of anilines is 1. The van der Waals surface area contributed by atoms with Crippen molar-refractivity contribution in [3.8, 4) is 6.07 Å². The summed E-state index contributed by atoms with van der Waals surface area (Å²) >= 11 is 0. The lowest BCUT2D eigenvalue weighted by Gasteiger charge is -2.17. The molecule has 1 aromatic carbocycles. The van der Waals surface area contributed by atoms with Crippen LogP contribution in [0.1, 0.15) is 19.4 Å². The van der Waals surface area contributed by atoms with Crippen molar-refractivity contribution in [3.63, 3.8) is 0 Å². The van der Waals surface area contributed by atoms with Crippen molar-refractivity contribution >= 4 is 17.5 Å². The summed E-state index contributed by atoms with van der Waals surface area (Å²) < 4.78 is 0. The van der Waals surface area contributed by atoms with Gasteiger partial charge in [-0.3, -0.25) is 9.59 Å². The fraction of sp³-hybridized carbons (Fsp3) is 0.308. The molecule has 0 aliphatic heterocycles. The van der Waals surface area contributed by atoms with Gasteiger partial charge < -0.3 is 10.2 Å². The van der Waals surface area contributed by atoms with Gasteiger partial charge in [0.25, 0.3) is 0 Å². The molecular formula is C13H15N3O2. The van der Waals surface area contributed by atoms with Crippen molar-refractivity contribution in [1.82, 2.24) is 4.90 Å². The maximum absolute atomic E-state index is 11.7. The Hall–Kier alpha value is -2.35. The fourth-order valence-corrected chi connectivity index (χ4v) is 1.47. The van der Waals surface area contributed by atoms with Crippen LogP contribution in [0.3, 0.4) is 0 Å². The Bertz CT molecular complexity index is 470. The lowest BCUT2D eigenvalue weighted by Crippen LogP contribution is -2.39. The number of likely N-dealkylation sites (N-methyl/N-ethyl adjacent to an activating group) is 1. The minimum atomic E-state index is -0.664. The average molecular weight is 245 g/mol. The average Bonchev–Trinajstić information content (AvgIpc) is 2.40. The van der Waals surface area contributed by atoms with Gasteiger partial charge >= 0.3 is 11.8 Å². The molecule has 0 fully saturated rings. The van der Waals surface area contributed by atoms with Crippen LogP contribution in [0, 0.1) is 11.3 Å². The lowest BCUT2D eigenvalue weighted by molar-refractivity contribution is -0.142. The Morgan fingerprint density at radius 2 is 1.78 bits per heavy atom. The first-order valence-corrected chi connectivity index (χ1v) is 5.72. The largest absolute Gasteiger partial charge is 0.335 e. The molecule has 0 radical (unpaired) electrons. The van der Waals surface area contributed by atoms with Crippen molar-refractivity contribution in [2.24, 2.45) is 0 Å². The van der Waals surface area contributed by atoms with Crippen LogP contribution in [-0.2, 0) is 9.59 Å². The Morgan fingerprint density at radius 1 is 1.22 bits per heavy atom. The molecule has 0 unspecified atom stereocenters. The third kappa shape index (κ3) is 3.32. The molecule has 18 heavy (non-hydrogen) atoms. The lowest BCUT2D eigenvalue weighted by atomic mass is 10.2. The predicted octanol–water partition coefficient (Wildman–Crippen LogP) is 1.37. The highest BCUT2D eigenvalue weighted by Crippen LogP contribution is 2.08. The fourth-order valence-electron chi connectivity index (χ4n) is 1.47. The third-order valence-corrected chi connectivity index (χ3v) is 2.52. The molecule has 0 atom stereocenters. The molecule has 0 heterocycles. The molecule has 2 amide bonds. The summed E-state index contributed by atoms with van der Waals surface area (Å²) in [7, 11) is 0. The van der Waals surface area contributed by atoms with Crippen LogP contribution in [0.25, 0.3) is 0 Å². The summed E-state index contributed by atoms with van der Waals surface area (Å²) in [6.45, 7) is 4.62. The maximum Gasteiger partial charge on any atom is 0.313 e. The van der Waals surface area contributed by atoms with Crippen molar-refractivity contribution in [3.05, 3.63) is 29.8 Å². The first-order valence-electron chi connectivity index (χ1n) is 5.72. The summed E-state index contributed by atoms with van der Waals surface area (Å²) in [6, 6.07) is 8.32. The van der Waals surface area contributed by atoms with E-state index in [2.05, 4.69) is 5.32 Å². The van der Waals surface area contributed by atoms with Gasteiger partial charge in [-0.05, 0) is 38.1 Å². The van der Waals surface area contributed by atoms with Gasteiger partial charge in [0, 0.05) is 18.8 Å². The molecule has 1 aromatic rings. The molecule has 0 spiro atoms. The molecule has 1 rings (SSSR count). The van der Waals surface area contributed by atoms with E-state index in [0.717, 1.165) is 0 Å². The monoisotopic (exact) mass is 245 g/mol. The zero-order chi connectivity index (χ0) is 13.5. The third-order valence-electron chi connectivity index (χ3n) is 2.52. The number of carbonyl (C=O) groups excluding carboxylic acids is 2. The van der Waals surface area contributed by atoms with E-state index in [1.54, 1.807) is 24.3 Å². The topological polar surface area (TPSA) is 73.2 Å². The van der Waals surface area contributed by atoms with Crippen LogP contribution >= 0.6 is 0 Å². The van der Waals surface area contributed by atoms with Crippen molar-refractivity contribution in [2.45, 2.75) is 13.8 Å². The number of hydrogen-bond acceptors (Lipinski definition) is 3. The Kier molecular flexibility index (Phi) is 4.88. The van der Waals surface area contributed by atoms with E-state index in [1.807, 2.05) is 19.9 Å². The normalized spacial score (nSPS) is 9.39. The van der Waals surface area contributed by atoms with Crippen molar-refractivity contribution in [1.29, 1.82) is 5.26 Å². The molecule has 0 saturated heterocycles. The second-order valence-corrected chi connectivity index (χ2v) is 3.62. The second-order valence-electron chi connectivity index (χ2n) is 3.62. The first-order chi connectivity index (χ1) is 8.62. The smallest absolute Gasteiger partial charge is 0.313 e. The number of nitriles is 1. The highest BCUT2D eigenvalue weighted by atomic mass is 16.2. The molecular weight excluding hydrogens is 230 g/mol. The van der Waals surface area contributed by atoms with Gasteiger partial charge in [-0.15, -0.1) is 0 Å². The predicted molar refractivity (Wildman–Crippen MR) is 67.7 cm³/mol. The standard InChI is InChI=1S/C13H15N3O2/c1-3-16(4-2)13(18)12(17)15-11-7-5-10(9-14)6-8-11/h5-8H,3-4H2,1-2H3,(H,15,17). The van der Waals surface area contributed by atoms with Gasteiger partial charge in [-0.25, -0.2) is 0 Å². The minimum Gasteiger partial charge on any atom is -0.335 e. The highest BCUT2D eigenvalue weighted by molar-refractivity contribution is 6.39. The summed E-state index contributed by atoms with van der Waals surface area (Å²) in [5, 5.41) is 11.1. The van der Waals surface area contributed by atoms with Crippen LogP contribution in [0.2, 0.25) is 0 Å². The number of nitrogens with zero attached hydrogens (tertiary/aromatic N) is 2. The van der Waals surface area contributed by atoms with E-state index < -0.39 is 11.8 Å². The van der Waals surface area contributed by atoms with Gasteiger partial charge in [0.15, 0.2) is 0 Å². The van der Waals surface area contributed by atoms with Crippen LogP contribution < -0.4 is 5.32 Å². The number of amides is 2. The zero-order valence-corrected chi connectivity index (χ0v) is 10.4. The van der Waals surface area contributed by atoms with Crippen molar-refractivity contribution in [2.75, 3.05) is 18.4 Å². The van der Waals surface area contributed by atoms with Gasteiger partial charge in [-0.2, -0.15) is 5.26 Å². The van der Waals surface area contributed by atoms with Gasteiger partial charge in [0.2, 0.25) is 0 Å². The quantitative estimate of drug-likeness (QED) is 0.817. The van der Waals surface area contributed by atoms with Gasteiger partial charge in [-0.1, -0.05) is 0 Å². The van der Waals surface area contributed by atoms with Crippen LogP contribution in [0.5, 0.6) is 0 Å². The SMILES string of the molecule is CCN(CC)C(=O)C(=O)Nc1ccc(C#N)cc1. The number of benzene rings is 1. The number of carbonyl (C=O) groups is 2. The summed E-state index contributed by atoms with van der Waals surface area (Å²) in [6.07, 6.45) is 0. The number of hydrogen-bond donors (Lipinski definition) is 1. The molecule has 0 saturated carbocycles.